The highest BCUT2D eigenvalue weighted by Gasteiger charge is 2.16. The van der Waals surface area contributed by atoms with Gasteiger partial charge in [-0.1, -0.05) is 23.9 Å². The molecule has 0 spiro atoms. The van der Waals surface area contributed by atoms with Gasteiger partial charge in [0.05, 0.1) is 16.4 Å². The molecule has 0 atom stereocenters. The highest BCUT2D eigenvalue weighted by atomic mass is 32.2. The zero-order valence-electron chi connectivity index (χ0n) is 21.3. The molecule has 0 saturated carbocycles. The molecule has 0 saturated heterocycles. The van der Waals surface area contributed by atoms with Crippen molar-refractivity contribution in [1.82, 2.24) is 24.8 Å². The lowest BCUT2D eigenvalue weighted by molar-refractivity contribution is -0.130. The molecule has 194 valence electrons. The number of nitrogens with two attached hydrogens (primary N) is 1. The number of carbonyl (C=O) groups excluding carboxylic acids is 2. The van der Waals surface area contributed by atoms with Gasteiger partial charge in [0, 0.05) is 62.3 Å². The van der Waals surface area contributed by atoms with E-state index in [1.54, 1.807) is 29.2 Å². The quantitative estimate of drug-likeness (QED) is 0.278. The van der Waals surface area contributed by atoms with Crippen molar-refractivity contribution in [2.75, 3.05) is 45.3 Å². The maximum atomic E-state index is 12.4. The summed E-state index contributed by atoms with van der Waals surface area (Å²) in [6, 6.07) is 9.11. The molecule has 0 bridgehead atoms. The van der Waals surface area contributed by atoms with Gasteiger partial charge in [-0.2, -0.15) is 5.26 Å². The van der Waals surface area contributed by atoms with E-state index in [-0.39, 0.29) is 23.2 Å². The van der Waals surface area contributed by atoms with E-state index in [4.69, 9.17) is 5.73 Å². The van der Waals surface area contributed by atoms with Gasteiger partial charge >= 0.3 is 0 Å². The smallest absolute Gasteiger partial charge is 0.222 e. The Bertz CT molecular complexity index is 1280. The van der Waals surface area contributed by atoms with Crippen molar-refractivity contribution in [1.29, 1.82) is 5.26 Å². The summed E-state index contributed by atoms with van der Waals surface area (Å²) in [5.74, 6) is 0.572. The maximum Gasteiger partial charge on any atom is 0.222 e. The fourth-order valence-electron chi connectivity index (χ4n) is 3.30. The molecule has 10 nitrogen and oxygen atoms in total. The van der Waals surface area contributed by atoms with E-state index in [0.717, 1.165) is 17.2 Å². The summed E-state index contributed by atoms with van der Waals surface area (Å²) < 4.78 is 0. The Morgan fingerprint density at radius 3 is 2.51 bits per heavy atom. The summed E-state index contributed by atoms with van der Waals surface area (Å²) in [4.78, 5) is 40.9. The molecule has 0 aliphatic carbocycles. The standard InChI is InChI=1S/C25H30N8O2S2/c1-16(34)28-18-7-5-17(6-8-18)23-20(13-26)24(27)31-25(30-23)37-15-19-14-36-21(29-19)9-10-22(35)33(4)12-11-32(2)3/h5-8,14H,9-12,15H2,1-4H3,(H,28,34)(H2,27,30,31). The predicted octanol–water partition coefficient (Wildman–Crippen LogP) is 3.26. The molecular formula is C25H30N8O2S2. The second-order valence-electron chi connectivity index (χ2n) is 8.63. The normalized spacial score (nSPS) is 10.8. The molecule has 2 aromatic heterocycles. The molecule has 0 radical (unpaired) electrons. The number of nitrogens with one attached hydrogen (secondary N) is 1. The number of nitrogen functional groups attached to an aromatic ring is 1. The Kier molecular flexibility index (Phi) is 9.96. The zero-order chi connectivity index (χ0) is 26.9. The summed E-state index contributed by atoms with van der Waals surface area (Å²) >= 11 is 2.90. The maximum absolute atomic E-state index is 12.4. The fourth-order valence-corrected chi connectivity index (χ4v) is 4.95. The van der Waals surface area contributed by atoms with Gasteiger partial charge in [0.2, 0.25) is 11.8 Å². The molecule has 2 amide bonds. The molecule has 0 aliphatic rings. The van der Waals surface area contributed by atoms with Gasteiger partial charge in [-0.05, 0) is 26.2 Å². The van der Waals surface area contributed by atoms with Crippen LogP contribution >= 0.6 is 23.1 Å². The number of thioether (sulfide) groups is 1. The van der Waals surface area contributed by atoms with E-state index in [2.05, 4.69) is 26.3 Å². The number of aryl methyl sites for hydroxylation is 1. The summed E-state index contributed by atoms with van der Waals surface area (Å²) in [6.07, 6.45) is 1.02. The van der Waals surface area contributed by atoms with E-state index in [1.165, 1.54) is 30.0 Å². The van der Waals surface area contributed by atoms with Gasteiger partial charge in [-0.25, -0.2) is 15.0 Å². The first kappa shape index (κ1) is 28.0. The number of likely N-dealkylation sites (N-methyl/N-ethyl adjacent to an activating group) is 2. The average Bonchev–Trinajstić information content (AvgIpc) is 3.32. The monoisotopic (exact) mass is 538 g/mol. The van der Waals surface area contributed by atoms with Crippen LogP contribution in [-0.4, -0.2) is 70.8 Å². The van der Waals surface area contributed by atoms with Crippen molar-refractivity contribution in [3.63, 3.8) is 0 Å². The van der Waals surface area contributed by atoms with Crippen molar-refractivity contribution in [2.24, 2.45) is 0 Å². The summed E-state index contributed by atoms with van der Waals surface area (Å²) in [5, 5.41) is 15.6. The van der Waals surface area contributed by atoms with Gasteiger partial charge in [0.15, 0.2) is 5.16 Å². The number of hydrogen-bond donors (Lipinski definition) is 2. The fraction of sp³-hybridized carbons (Fsp3) is 0.360. The van der Waals surface area contributed by atoms with Crippen molar-refractivity contribution < 1.29 is 9.59 Å². The summed E-state index contributed by atoms with van der Waals surface area (Å²) in [6.45, 7) is 2.96. The SMILES string of the molecule is CC(=O)Nc1ccc(-c2nc(SCc3csc(CCC(=O)N(C)CCN(C)C)n3)nc(N)c2C#N)cc1. The number of thiazole rings is 1. The summed E-state index contributed by atoms with van der Waals surface area (Å²) in [5.41, 5.74) is 8.91. The van der Waals surface area contributed by atoms with E-state index < -0.39 is 0 Å². The van der Waals surface area contributed by atoms with E-state index >= 15 is 0 Å². The van der Waals surface area contributed by atoms with Gasteiger partial charge in [-0.15, -0.1) is 11.3 Å². The van der Waals surface area contributed by atoms with Crippen LogP contribution in [0.2, 0.25) is 0 Å². The number of nitriles is 1. The zero-order valence-corrected chi connectivity index (χ0v) is 22.9. The molecule has 0 aliphatic heterocycles. The topological polar surface area (TPSA) is 141 Å². The second kappa shape index (κ2) is 13.1. The third-order valence-electron chi connectivity index (χ3n) is 5.32. The molecule has 3 rings (SSSR count). The Morgan fingerprint density at radius 2 is 1.86 bits per heavy atom. The van der Waals surface area contributed by atoms with Crippen molar-refractivity contribution in [2.45, 2.75) is 30.7 Å². The van der Waals surface area contributed by atoms with Crippen LogP contribution in [0.15, 0.2) is 34.8 Å². The van der Waals surface area contributed by atoms with Gasteiger partial charge < -0.3 is 20.9 Å². The van der Waals surface area contributed by atoms with Crippen LogP contribution in [0.4, 0.5) is 11.5 Å². The van der Waals surface area contributed by atoms with Crippen LogP contribution < -0.4 is 11.1 Å². The van der Waals surface area contributed by atoms with Crippen molar-refractivity contribution in [3.05, 3.63) is 45.9 Å². The predicted molar refractivity (Wildman–Crippen MR) is 147 cm³/mol. The Labute approximate surface area is 224 Å². The lowest BCUT2D eigenvalue weighted by atomic mass is 10.1. The highest BCUT2D eigenvalue weighted by molar-refractivity contribution is 7.98. The third kappa shape index (κ3) is 8.24. The Morgan fingerprint density at radius 1 is 1.14 bits per heavy atom. The largest absolute Gasteiger partial charge is 0.382 e. The molecule has 2 heterocycles. The molecule has 37 heavy (non-hydrogen) atoms. The first-order valence-electron chi connectivity index (χ1n) is 11.6. The van der Waals surface area contributed by atoms with Crippen molar-refractivity contribution >= 4 is 46.4 Å². The average molecular weight is 539 g/mol. The number of rotatable bonds is 11. The van der Waals surface area contributed by atoms with Gasteiger partial charge in [0.1, 0.15) is 17.5 Å². The first-order chi connectivity index (χ1) is 17.7. The highest BCUT2D eigenvalue weighted by Crippen LogP contribution is 2.30. The van der Waals surface area contributed by atoms with Gasteiger partial charge in [0.25, 0.3) is 0 Å². The summed E-state index contributed by atoms with van der Waals surface area (Å²) in [7, 11) is 5.79. The van der Waals surface area contributed by atoms with Crippen LogP contribution in [0.25, 0.3) is 11.3 Å². The molecule has 3 aromatic rings. The van der Waals surface area contributed by atoms with Crippen LogP contribution in [-0.2, 0) is 21.8 Å². The molecule has 3 N–H and O–H groups in total. The van der Waals surface area contributed by atoms with E-state index in [0.29, 0.717) is 47.2 Å². The number of aromatic nitrogens is 3. The molecular weight excluding hydrogens is 508 g/mol. The van der Waals surface area contributed by atoms with Gasteiger partial charge in [-0.3, -0.25) is 9.59 Å². The minimum Gasteiger partial charge on any atom is -0.382 e. The number of nitrogens with zero attached hydrogens (tertiary/aromatic N) is 6. The number of amides is 2. The second-order valence-corrected chi connectivity index (χ2v) is 10.5. The molecule has 12 heteroatoms. The minimum absolute atomic E-state index is 0.104. The number of hydrogen-bond acceptors (Lipinski definition) is 10. The number of carbonyl (C=O) groups is 2. The van der Waals surface area contributed by atoms with E-state index in [9.17, 15) is 14.9 Å². The van der Waals surface area contributed by atoms with Crippen LogP contribution in [0.1, 0.15) is 29.6 Å². The number of anilines is 2. The number of benzene rings is 1. The van der Waals surface area contributed by atoms with Crippen LogP contribution in [0.3, 0.4) is 0 Å². The van der Waals surface area contributed by atoms with Crippen molar-refractivity contribution in [3.8, 4) is 17.3 Å². The molecule has 0 unspecified atom stereocenters. The Balaban J connectivity index is 1.64. The third-order valence-corrected chi connectivity index (χ3v) is 7.15. The minimum atomic E-state index is -0.167. The lowest BCUT2D eigenvalue weighted by Gasteiger charge is -2.19. The van der Waals surface area contributed by atoms with Crippen LogP contribution in [0.5, 0.6) is 0 Å². The van der Waals surface area contributed by atoms with E-state index in [1.807, 2.05) is 31.4 Å². The molecule has 0 fully saturated rings. The lowest BCUT2D eigenvalue weighted by Crippen LogP contribution is -2.33. The first-order valence-corrected chi connectivity index (χ1v) is 13.4. The Hall–Kier alpha value is -3.53. The van der Waals surface area contributed by atoms with Crippen LogP contribution in [0, 0.1) is 11.3 Å². The molecule has 1 aromatic carbocycles.